The highest BCUT2D eigenvalue weighted by molar-refractivity contribution is 8.01. The summed E-state index contributed by atoms with van der Waals surface area (Å²) >= 11 is 5.27. The van der Waals surface area contributed by atoms with Crippen LogP contribution in [0.3, 0.4) is 0 Å². The van der Waals surface area contributed by atoms with Crippen molar-refractivity contribution in [1.82, 2.24) is 4.98 Å². The number of thioether (sulfide) groups is 1. The normalized spacial score (nSPS) is 14.8. The molecule has 0 aromatic carbocycles. The summed E-state index contributed by atoms with van der Waals surface area (Å²) in [5.41, 5.74) is 8.53. The van der Waals surface area contributed by atoms with Gasteiger partial charge in [-0.1, -0.05) is 11.8 Å². The molecule has 0 aliphatic heterocycles. The summed E-state index contributed by atoms with van der Waals surface area (Å²) in [7, 11) is 0. The van der Waals surface area contributed by atoms with Crippen LogP contribution in [0.2, 0.25) is 0 Å². The zero-order valence-corrected chi connectivity index (χ0v) is 12.6. The number of aromatic nitrogens is 1. The molecule has 5 heteroatoms. The Kier molecular flexibility index (Phi) is 4.25. The molecule has 0 fully saturated rings. The fourth-order valence-electron chi connectivity index (χ4n) is 1.57. The van der Waals surface area contributed by atoms with Crippen LogP contribution < -0.4 is 5.73 Å². The molecule has 2 nitrogen and oxygen atoms in total. The first-order valence-electron chi connectivity index (χ1n) is 5.46. The van der Waals surface area contributed by atoms with E-state index in [1.54, 1.807) is 34.4 Å². The second-order valence-electron chi connectivity index (χ2n) is 4.12. The maximum Gasteiger partial charge on any atom is 0.150 e. The highest BCUT2D eigenvalue weighted by Crippen LogP contribution is 2.41. The molecule has 0 saturated carbocycles. The number of thiophene rings is 1. The summed E-state index contributed by atoms with van der Waals surface area (Å²) in [5, 5.41) is 4.52. The van der Waals surface area contributed by atoms with Crippen LogP contribution in [0.25, 0.3) is 0 Å². The van der Waals surface area contributed by atoms with E-state index >= 15 is 0 Å². The Morgan fingerprint density at radius 3 is 2.59 bits per heavy atom. The molecule has 2 unspecified atom stereocenters. The van der Waals surface area contributed by atoms with Crippen LogP contribution in [0.15, 0.2) is 21.2 Å². The average molecular weight is 284 g/mol. The predicted molar refractivity (Wildman–Crippen MR) is 78.2 cm³/mol. The highest BCUT2D eigenvalue weighted by atomic mass is 32.2. The van der Waals surface area contributed by atoms with Gasteiger partial charge in [0, 0.05) is 22.0 Å². The Bertz CT molecular complexity index is 487. The van der Waals surface area contributed by atoms with Gasteiger partial charge in [0.05, 0.1) is 5.25 Å². The Hall–Kier alpha value is -0.360. The van der Waals surface area contributed by atoms with Crippen molar-refractivity contribution in [2.45, 2.75) is 36.4 Å². The van der Waals surface area contributed by atoms with Crippen LogP contribution in [0.5, 0.6) is 0 Å². The third-order valence-electron chi connectivity index (χ3n) is 2.46. The van der Waals surface area contributed by atoms with Gasteiger partial charge in [0.15, 0.2) is 4.34 Å². The molecule has 0 bridgehead atoms. The molecule has 92 valence electrons. The molecule has 0 saturated heterocycles. The van der Waals surface area contributed by atoms with E-state index in [9.17, 15) is 0 Å². The second kappa shape index (κ2) is 5.52. The van der Waals surface area contributed by atoms with Crippen LogP contribution in [0.1, 0.15) is 28.3 Å². The van der Waals surface area contributed by atoms with Crippen LogP contribution in [0.4, 0.5) is 0 Å². The number of thiazole rings is 1. The lowest BCUT2D eigenvalue weighted by atomic mass is 10.1. The van der Waals surface area contributed by atoms with Gasteiger partial charge in [-0.25, -0.2) is 4.98 Å². The van der Waals surface area contributed by atoms with E-state index < -0.39 is 0 Å². The van der Waals surface area contributed by atoms with E-state index in [0.717, 1.165) is 10.0 Å². The molecule has 2 heterocycles. The molecule has 17 heavy (non-hydrogen) atoms. The summed E-state index contributed by atoms with van der Waals surface area (Å²) in [4.78, 5) is 5.88. The lowest BCUT2D eigenvalue weighted by Gasteiger charge is -2.18. The van der Waals surface area contributed by atoms with Gasteiger partial charge in [0.25, 0.3) is 0 Å². The third kappa shape index (κ3) is 3.10. The number of hydrogen-bond donors (Lipinski definition) is 1. The summed E-state index contributed by atoms with van der Waals surface area (Å²) in [6.07, 6.45) is 0. The topological polar surface area (TPSA) is 38.9 Å². The fraction of sp³-hybridized carbons (Fsp3) is 0.417. The van der Waals surface area contributed by atoms with Crippen molar-refractivity contribution in [3.05, 3.63) is 33.0 Å². The first-order valence-corrected chi connectivity index (χ1v) is 8.10. The van der Waals surface area contributed by atoms with Crippen molar-refractivity contribution in [3.8, 4) is 0 Å². The van der Waals surface area contributed by atoms with E-state index in [2.05, 4.69) is 35.7 Å². The van der Waals surface area contributed by atoms with E-state index in [1.807, 2.05) is 6.92 Å². The van der Waals surface area contributed by atoms with Crippen molar-refractivity contribution in [2.24, 2.45) is 5.73 Å². The molecule has 0 aliphatic rings. The zero-order valence-electron chi connectivity index (χ0n) is 10.1. The van der Waals surface area contributed by atoms with Crippen molar-refractivity contribution in [2.75, 3.05) is 0 Å². The molecule has 0 amide bonds. The first-order chi connectivity index (χ1) is 8.08. The van der Waals surface area contributed by atoms with Gasteiger partial charge in [-0.2, -0.15) is 0 Å². The van der Waals surface area contributed by atoms with Gasteiger partial charge in [0.2, 0.25) is 0 Å². The smallest absolute Gasteiger partial charge is 0.150 e. The third-order valence-corrected chi connectivity index (χ3v) is 6.26. The largest absolute Gasteiger partial charge is 0.327 e. The molecule has 0 radical (unpaired) electrons. The minimum Gasteiger partial charge on any atom is -0.327 e. The molecule has 2 N–H and O–H groups in total. The molecule has 2 aromatic rings. The number of nitrogens with two attached hydrogens (primary N) is 1. The molecular formula is C12H16N2S3. The van der Waals surface area contributed by atoms with Gasteiger partial charge >= 0.3 is 0 Å². The van der Waals surface area contributed by atoms with Gasteiger partial charge in [0.1, 0.15) is 0 Å². The standard InChI is InChI=1S/C12H16N2S3/c1-7-4-5-15-10(7)11(9(3)13)17-12-14-8(2)6-16-12/h4-6,9,11H,13H2,1-3H3. The van der Waals surface area contributed by atoms with E-state index in [4.69, 9.17) is 5.73 Å². The Balaban J connectivity index is 2.22. The quantitative estimate of drug-likeness (QED) is 0.862. The number of aryl methyl sites for hydroxylation is 2. The Morgan fingerprint density at radius 2 is 2.12 bits per heavy atom. The summed E-state index contributed by atoms with van der Waals surface area (Å²) in [6.45, 7) is 6.24. The number of nitrogens with zero attached hydrogens (tertiary/aromatic N) is 1. The molecule has 0 spiro atoms. The molecule has 2 aromatic heterocycles. The average Bonchev–Trinajstić information content (AvgIpc) is 2.84. The Morgan fingerprint density at radius 1 is 1.35 bits per heavy atom. The highest BCUT2D eigenvalue weighted by Gasteiger charge is 2.22. The van der Waals surface area contributed by atoms with E-state index in [-0.39, 0.29) is 6.04 Å². The first kappa shape index (κ1) is 13.1. The van der Waals surface area contributed by atoms with Crippen LogP contribution in [-0.2, 0) is 0 Å². The molecular weight excluding hydrogens is 268 g/mol. The van der Waals surface area contributed by atoms with E-state index in [0.29, 0.717) is 5.25 Å². The minimum absolute atomic E-state index is 0.126. The SMILES string of the molecule is Cc1csc(SC(c2sccc2C)C(C)N)n1. The minimum atomic E-state index is 0.126. The van der Waals surface area contributed by atoms with Crippen LogP contribution in [0, 0.1) is 13.8 Å². The van der Waals surface area contributed by atoms with Crippen molar-refractivity contribution in [1.29, 1.82) is 0 Å². The molecule has 0 aliphatic carbocycles. The van der Waals surface area contributed by atoms with Crippen LogP contribution >= 0.6 is 34.4 Å². The monoisotopic (exact) mass is 284 g/mol. The van der Waals surface area contributed by atoms with Crippen molar-refractivity contribution >= 4 is 34.4 Å². The van der Waals surface area contributed by atoms with Crippen molar-refractivity contribution in [3.63, 3.8) is 0 Å². The van der Waals surface area contributed by atoms with Crippen LogP contribution in [-0.4, -0.2) is 11.0 Å². The molecule has 2 rings (SSSR count). The van der Waals surface area contributed by atoms with Gasteiger partial charge < -0.3 is 5.73 Å². The maximum atomic E-state index is 6.11. The van der Waals surface area contributed by atoms with Crippen molar-refractivity contribution < 1.29 is 0 Å². The van der Waals surface area contributed by atoms with Gasteiger partial charge in [-0.05, 0) is 37.8 Å². The lowest BCUT2D eigenvalue weighted by Crippen LogP contribution is -2.22. The number of rotatable bonds is 4. The van der Waals surface area contributed by atoms with Gasteiger partial charge in [-0.15, -0.1) is 22.7 Å². The fourth-order valence-corrected chi connectivity index (χ4v) is 5.02. The Labute approximate surface area is 114 Å². The van der Waals surface area contributed by atoms with E-state index in [1.165, 1.54) is 10.4 Å². The zero-order chi connectivity index (χ0) is 12.4. The summed E-state index contributed by atoms with van der Waals surface area (Å²) in [5.74, 6) is 0. The lowest BCUT2D eigenvalue weighted by molar-refractivity contribution is 0.727. The summed E-state index contributed by atoms with van der Waals surface area (Å²) < 4.78 is 1.11. The predicted octanol–water partition coefficient (Wildman–Crippen LogP) is 4.00. The van der Waals surface area contributed by atoms with Gasteiger partial charge in [-0.3, -0.25) is 0 Å². The number of hydrogen-bond acceptors (Lipinski definition) is 5. The summed E-state index contributed by atoms with van der Waals surface area (Å²) in [6, 6.07) is 2.28. The molecule has 2 atom stereocenters. The maximum absolute atomic E-state index is 6.11. The second-order valence-corrected chi connectivity index (χ2v) is 7.31.